The molecule has 0 aliphatic carbocycles. The number of rotatable bonds is 4. The van der Waals surface area contributed by atoms with Crippen LogP contribution in [0, 0.1) is 0 Å². The largest absolute Gasteiger partial charge is 0.384 e. The Morgan fingerprint density at radius 3 is 2.80 bits per heavy atom. The predicted molar refractivity (Wildman–Crippen MR) is 69.0 cm³/mol. The highest BCUT2D eigenvalue weighted by atomic mass is 79.9. The van der Waals surface area contributed by atoms with Crippen LogP contribution in [0.2, 0.25) is 0 Å². The number of benzene rings is 1. The van der Waals surface area contributed by atoms with E-state index in [2.05, 4.69) is 42.5 Å². The molecule has 82 valence electrons. The van der Waals surface area contributed by atoms with E-state index in [-0.39, 0.29) is 5.91 Å². The van der Waals surface area contributed by atoms with Crippen LogP contribution in [0.3, 0.4) is 0 Å². The number of hydrogen-bond donors (Lipinski definition) is 2. The van der Waals surface area contributed by atoms with Crippen molar-refractivity contribution in [3.8, 4) is 0 Å². The number of amides is 1. The highest BCUT2D eigenvalue weighted by molar-refractivity contribution is 9.11. The van der Waals surface area contributed by atoms with Crippen molar-refractivity contribution in [2.24, 2.45) is 0 Å². The van der Waals surface area contributed by atoms with Crippen molar-refractivity contribution in [3.05, 3.63) is 27.1 Å². The van der Waals surface area contributed by atoms with E-state index in [1.54, 1.807) is 7.05 Å². The molecule has 0 atom stereocenters. The first-order valence-corrected chi connectivity index (χ1v) is 6.11. The first-order valence-electron chi connectivity index (χ1n) is 4.53. The van der Waals surface area contributed by atoms with Crippen molar-refractivity contribution < 1.29 is 4.79 Å². The highest BCUT2D eigenvalue weighted by Gasteiger charge is 2.01. The average molecular weight is 336 g/mol. The normalized spacial score (nSPS) is 9.80. The van der Waals surface area contributed by atoms with Gasteiger partial charge in [0.05, 0.1) is 0 Å². The Bertz CT molecular complexity index is 355. The van der Waals surface area contributed by atoms with Crippen LogP contribution in [0.1, 0.15) is 6.42 Å². The minimum atomic E-state index is 0.0358. The van der Waals surface area contributed by atoms with Crippen LogP contribution in [-0.4, -0.2) is 19.5 Å². The first-order chi connectivity index (χ1) is 7.13. The van der Waals surface area contributed by atoms with Gasteiger partial charge >= 0.3 is 0 Å². The maximum atomic E-state index is 11.0. The van der Waals surface area contributed by atoms with Crippen LogP contribution in [0.25, 0.3) is 0 Å². The lowest BCUT2D eigenvalue weighted by Crippen LogP contribution is -2.20. The van der Waals surface area contributed by atoms with Crippen LogP contribution in [-0.2, 0) is 4.79 Å². The smallest absolute Gasteiger partial charge is 0.221 e. The van der Waals surface area contributed by atoms with Gasteiger partial charge in [0.2, 0.25) is 5.91 Å². The van der Waals surface area contributed by atoms with Gasteiger partial charge in [-0.3, -0.25) is 4.79 Å². The zero-order valence-electron chi connectivity index (χ0n) is 8.31. The van der Waals surface area contributed by atoms with E-state index in [0.717, 1.165) is 14.6 Å². The van der Waals surface area contributed by atoms with Crippen LogP contribution < -0.4 is 10.6 Å². The van der Waals surface area contributed by atoms with Gasteiger partial charge in [0.1, 0.15) is 0 Å². The fourth-order valence-electron chi connectivity index (χ4n) is 1.07. The third-order valence-electron chi connectivity index (χ3n) is 1.87. The van der Waals surface area contributed by atoms with Crippen molar-refractivity contribution in [1.29, 1.82) is 0 Å². The Labute approximate surface area is 106 Å². The van der Waals surface area contributed by atoms with Crippen molar-refractivity contribution in [3.63, 3.8) is 0 Å². The number of hydrogen-bond acceptors (Lipinski definition) is 2. The summed E-state index contributed by atoms with van der Waals surface area (Å²) in [5.74, 6) is 0.0358. The molecule has 0 fully saturated rings. The molecule has 0 aliphatic heterocycles. The molecule has 1 rings (SSSR count). The summed E-state index contributed by atoms with van der Waals surface area (Å²) in [5, 5.41) is 5.76. The SMILES string of the molecule is CNC(=O)CCNc1cc(Br)ccc1Br. The van der Waals surface area contributed by atoms with Gasteiger partial charge in [-0.2, -0.15) is 0 Å². The van der Waals surface area contributed by atoms with Crippen molar-refractivity contribution in [2.75, 3.05) is 18.9 Å². The van der Waals surface area contributed by atoms with Gasteiger partial charge in [0.25, 0.3) is 0 Å². The third kappa shape index (κ3) is 4.22. The zero-order valence-corrected chi connectivity index (χ0v) is 11.5. The highest BCUT2D eigenvalue weighted by Crippen LogP contribution is 2.25. The number of nitrogens with one attached hydrogen (secondary N) is 2. The lowest BCUT2D eigenvalue weighted by Gasteiger charge is -2.08. The van der Waals surface area contributed by atoms with E-state index in [9.17, 15) is 4.79 Å². The van der Waals surface area contributed by atoms with Crippen molar-refractivity contribution >= 4 is 43.5 Å². The number of halogens is 2. The molecule has 0 radical (unpaired) electrons. The second-order valence-electron chi connectivity index (χ2n) is 2.97. The molecule has 0 heterocycles. The summed E-state index contributed by atoms with van der Waals surface area (Å²) in [7, 11) is 1.64. The number of carbonyl (C=O) groups is 1. The van der Waals surface area contributed by atoms with E-state index in [1.165, 1.54) is 0 Å². The number of anilines is 1. The van der Waals surface area contributed by atoms with Gasteiger partial charge in [-0.05, 0) is 34.1 Å². The topological polar surface area (TPSA) is 41.1 Å². The van der Waals surface area contributed by atoms with Gasteiger partial charge in [0, 0.05) is 34.6 Å². The van der Waals surface area contributed by atoms with Gasteiger partial charge in [-0.25, -0.2) is 0 Å². The summed E-state index contributed by atoms with van der Waals surface area (Å²) in [4.78, 5) is 11.0. The van der Waals surface area contributed by atoms with E-state index >= 15 is 0 Å². The summed E-state index contributed by atoms with van der Waals surface area (Å²) in [6, 6.07) is 5.87. The summed E-state index contributed by atoms with van der Waals surface area (Å²) >= 11 is 6.82. The first kappa shape index (κ1) is 12.5. The van der Waals surface area contributed by atoms with E-state index in [4.69, 9.17) is 0 Å². The van der Waals surface area contributed by atoms with Crippen LogP contribution >= 0.6 is 31.9 Å². The van der Waals surface area contributed by atoms with Crippen LogP contribution in [0.4, 0.5) is 5.69 Å². The minimum absolute atomic E-state index is 0.0358. The molecule has 1 aromatic rings. The molecule has 0 saturated heterocycles. The van der Waals surface area contributed by atoms with Gasteiger partial charge in [0.15, 0.2) is 0 Å². The Balaban J connectivity index is 2.50. The molecule has 0 unspecified atom stereocenters. The molecule has 1 aromatic carbocycles. The van der Waals surface area contributed by atoms with E-state index < -0.39 is 0 Å². The Morgan fingerprint density at radius 2 is 2.13 bits per heavy atom. The second kappa shape index (κ2) is 6.12. The summed E-state index contributed by atoms with van der Waals surface area (Å²) < 4.78 is 2.00. The average Bonchev–Trinajstić information content (AvgIpc) is 2.23. The summed E-state index contributed by atoms with van der Waals surface area (Å²) in [6.07, 6.45) is 0.468. The molecule has 0 aromatic heterocycles. The summed E-state index contributed by atoms with van der Waals surface area (Å²) in [5.41, 5.74) is 0.980. The molecule has 0 bridgehead atoms. The fourth-order valence-corrected chi connectivity index (χ4v) is 1.82. The molecular weight excluding hydrogens is 324 g/mol. The van der Waals surface area contributed by atoms with Gasteiger partial charge in [-0.15, -0.1) is 0 Å². The summed E-state index contributed by atoms with van der Waals surface area (Å²) in [6.45, 7) is 0.620. The Morgan fingerprint density at radius 1 is 1.40 bits per heavy atom. The van der Waals surface area contributed by atoms with E-state index in [1.807, 2.05) is 18.2 Å². The fraction of sp³-hybridized carbons (Fsp3) is 0.300. The lowest BCUT2D eigenvalue weighted by atomic mass is 10.3. The molecule has 1 amide bonds. The van der Waals surface area contributed by atoms with Crippen molar-refractivity contribution in [1.82, 2.24) is 5.32 Å². The molecule has 5 heteroatoms. The standard InChI is InChI=1S/C10H12Br2N2O/c1-13-10(15)4-5-14-9-6-7(11)2-3-8(9)12/h2-3,6,14H,4-5H2,1H3,(H,13,15). The van der Waals surface area contributed by atoms with Crippen molar-refractivity contribution in [2.45, 2.75) is 6.42 Å². The minimum Gasteiger partial charge on any atom is -0.384 e. The monoisotopic (exact) mass is 334 g/mol. The molecule has 2 N–H and O–H groups in total. The molecule has 0 saturated carbocycles. The third-order valence-corrected chi connectivity index (χ3v) is 3.06. The number of carbonyl (C=O) groups excluding carboxylic acids is 1. The second-order valence-corrected chi connectivity index (χ2v) is 4.74. The Hall–Kier alpha value is -0.550. The maximum absolute atomic E-state index is 11.0. The van der Waals surface area contributed by atoms with Crippen LogP contribution in [0.15, 0.2) is 27.1 Å². The van der Waals surface area contributed by atoms with Crippen LogP contribution in [0.5, 0.6) is 0 Å². The predicted octanol–water partition coefficient (Wildman–Crippen LogP) is 2.76. The van der Waals surface area contributed by atoms with E-state index in [0.29, 0.717) is 13.0 Å². The van der Waals surface area contributed by atoms with Gasteiger partial charge in [-0.1, -0.05) is 15.9 Å². The molecule has 0 spiro atoms. The maximum Gasteiger partial charge on any atom is 0.221 e. The van der Waals surface area contributed by atoms with Gasteiger partial charge < -0.3 is 10.6 Å². The lowest BCUT2D eigenvalue weighted by molar-refractivity contribution is -0.120. The zero-order chi connectivity index (χ0) is 11.3. The quantitative estimate of drug-likeness (QED) is 0.888. The molecule has 3 nitrogen and oxygen atoms in total. The molecule has 0 aliphatic rings. The Kier molecular flexibility index (Phi) is 5.11. The molecular formula is C10H12Br2N2O. The molecule has 15 heavy (non-hydrogen) atoms.